The lowest BCUT2D eigenvalue weighted by atomic mass is 10.0. The Morgan fingerprint density at radius 3 is 2.38 bits per heavy atom. The lowest BCUT2D eigenvalue weighted by Gasteiger charge is -2.12. The number of nitrogens with two attached hydrogens (primary N) is 1. The number of hydrogen-bond acceptors (Lipinski definition) is 1. The van der Waals surface area contributed by atoms with E-state index in [2.05, 4.69) is 10.3 Å². The van der Waals surface area contributed by atoms with Crippen molar-refractivity contribution in [3.8, 4) is 0 Å². The van der Waals surface area contributed by atoms with Gasteiger partial charge in [-0.1, -0.05) is 38.5 Å². The Balaban J connectivity index is 1.61. The van der Waals surface area contributed by atoms with Crippen molar-refractivity contribution in [3.05, 3.63) is 0 Å². The molecule has 0 spiro atoms. The Bertz CT molecular complexity index is 225. The van der Waals surface area contributed by atoms with E-state index in [-0.39, 0.29) is 0 Å². The zero-order valence-electron chi connectivity index (χ0n) is 10.3. The molecule has 0 atom stereocenters. The van der Waals surface area contributed by atoms with Crippen molar-refractivity contribution in [1.82, 2.24) is 5.32 Å². The van der Waals surface area contributed by atoms with Gasteiger partial charge in [0.05, 0.1) is 0 Å². The van der Waals surface area contributed by atoms with Gasteiger partial charge in [0.25, 0.3) is 0 Å². The molecule has 0 heterocycles. The van der Waals surface area contributed by atoms with E-state index in [0.29, 0.717) is 12.0 Å². The van der Waals surface area contributed by atoms with Crippen molar-refractivity contribution in [3.63, 3.8) is 0 Å². The van der Waals surface area contributed by atoms with Gasteiger partial charge < -0.3 is 11.1 Å². The molecule has 3 N–H and O–H groups in total. The van der Waals surface area contributed by atoms with Gasteiger partial charge in [-0.2, -0.15) is 0 Å². The summed E-state index contributed by atoms with van der Waals surface area (Å²) in [5.74, 6) is 1.59. The van der Waals surface area contributed by atoms with Crippen molar-refractivity contribution in [2.24, 2.45) is 16.6 Å². The van der Waals surface area contributed by atoms with Crippen LogP contribution in [0.1, 0.15) is 57.8 Å². The predicted molar refractivity (Wildman–Crippen MR) is 68.5 cm³/mol. The lowest BCUT2D eigenvalue weighted by Crippen LogP contribution is -2.38. The van der Waals surface area contributed by atoms with Crippen LogP contribution in [0.2, 0.25) is 0 Å². The fourth-order valence-electron chi connectivity index (χ4n) is 2.99. The van der Waals surface area contributed by atoms with Crippen LogP contribution in [-0.2, 0) is 0 Å². The van der Waals surface area contributed by atoms with Crippen LogP contribution >= 0.6 is 0 Å². The normalized spacial score (nSPS) is 24.1. The first-order valence-electron chi connectivity index (χ1n) is 6.91. The number of hydrogen-bond donors (Lipinski definition) is 2. The molecule has 0 amide bonds. The maximum absolute atomic E-state index is 5.88. The number of nitrogens with zero attached hydrogens (tertiary/aromatic N) is 1. The summed E-state index contributed by atoms with van der Waals surface area (Å²) in [7, 11) is 0. The second-order valence-electron chi connectivity index (χ2n) is 5.33. The predicted octanol–water partition coefficient (Wildman–Crippen LogP) is 2.41. The van der Waals surface area contributed by atoms with Gasteiger partial charge in [-0.05, 0) is 25.2 Å². The monoisotopic (exact) mass is 223 g/mol. The first-order chi connectivity index (χ1) is 7.84. The molecule has 3 nitrogen and oxygen atoms in total. The summed E-state index contributed by atoms with van der Waals surface area (Å²) in [6.07, 6.45) is 12.1. The van der Waals surface area contributed by atoms with Crippen molar-refractivity contribution in [2.45, 2.75) is 63.8 Å². The minimum absolute atomic E-state index is 0.593. The number of guanidine groups is 1. The molecule has 16 heavy (non-hydrogen) atoms. The smallest absolute Gasteiger partial charge is 0.188 e. The largest absolute Gasteiger partial charge is 0.370 e. The van der Waals surface area contributed by atoms with E-state index in [0.717, 1.165) is 12.5 Å². The zero-order chi connectivity index (χ0) is 11.2. The number of nitrogens with one attached hydrogen (secondary N) is 1. The first kappa shape index (κ1) is 11.7. The van der Waals surface area contributed by atoms with E-state index < -0.39 is 0 Å². The van der Waals surface area contributed by atoms with Crippen LogP contribution in [0.15, 0.2) is 4.99 Å². The lowest BCUT2D eigenvalue weighted by molar-refractivity contribution is 0.510. The summed E-state index contributed by atoms with van der Waals surface area (Å²) in [6, 6.07) is 0.593. The minimum atomic E-state index is 0.593. The Labute approximate surface area is 98.9 Å². The maximum atomic E-state index is 5.88. The SMILES string of the molecule is NC(=NCCC1CCCC1)NC1CCCC1. The molecule has 0 radical (unpaired) electrons. The van der Waals surface area contributed by atoms with E-state index in [9.17, 15) is 0 Å². The van der Waals surface area contributed by atoms with E-state index in [4.69, 9.17) is 5.73 Å². The quantitative estimate of drug-likeness (QED) is 0.568. The fourth-order valence-corrected chi connectivity index (χ4v) is 2.99. The van der Waals surface area contributed by atoms with Crippen LogP contribution in [0.5, 0.6) is 0 Å². The highest BCUT2D eigenvalue weighted by Gasteiger charge is 2.16. The topological polar surface area (TPSA) is 50.4 Å². The van der Waals surface area contributed by atoms with Gasteiger partial charge in [0.2, 0.25) is 0 Å². The Morgan fingerprint density at radius 1 is 1.06 bits per heavy atom. The summed E-state index contributed by atoms with van der Waals surface area (Å²) in [5.41, 5.74) is 5.88. The summed E-state index contributed by atoms with van der Waals surface area (Å²) >= 11 is 0. The highest BCUT2D eigenvalue weighted by molar-refractivity contribution is 5.78. The average molecular weight is 223 g/mol. The molecular weight excluding hydrogens is 198 g/mol. The Kier molecular flexibility index (Phi) is 4.49. The molecule has 0 saturated heterocycles. The van der Waals surface area contributed by atoms with E-state index in [1.54, 1.807) is 0 Å². The molecule has 2 aliphatic carbocycles. The molecule has 0 unspecified atom stereocenters. The molecule has 0 aliphatic heterocycles. The molecule has 2 saturated carbocycles. The van der Waals surface area contributed by atoms with Gasteiger partial charge in [0, 0.05) is 12.6 Å². The molecule has 3 heteroatoms. The van der Waals surface area contributed by atoms with Crippen molar-refractivity contribution in [2.75, 3.05) is 6.54 Å². The van der Waals surface area contributed by atoms with Crippen LogP contribution in [0, 0.1) is 5.92 Å². The molecule has 2 fully saturated rings. The second kappa shape index (κ2) is 6.12. The second-order valence-corrected chi connectivity index (χ2v) is 5.33. The van der Waals surface area contributed by atoms with Crippen LogP contribution < -0.4 is 11.1 Å². The highest BCUT2D eigenvalue weighted by Crippen LogP contribution is 2.27. The summed E-state index contributed by atoms with van der Waals surface area (Å²) in [6.45, 7) is 0.913. The molecule has 2 rings (SSSR count). The molecule has 0 aromatic rings. The molecule has 0 bridgehead atoms. The van der Waals surface area contributed by atoms with Gasteiger partial charge in [-0.3, -0.25) is 4.99 Å². The Hall–Kier alpha value is -0.730. The Morgan fingerprint density at radius 2 is 1.69 bits per heavy atom. The van der Waals surface area contributed by atoms with E-state index in [1.165, 1.54) is 57.8 Å². The number of rotatable bonds is 4. The third-order valence-corrected chi connectivity index (χ3v) is 4.00. The van der Waals surface area contributed by atoms with Gasteiger partial charge in [0.1, 0.15) is 0 Å². The highest BCUT2D eigenvalue weighted by atomic mass is 15.1. The van der Waals surface area contributed by atoms with Crippen LogP contribution in [0.4, 0.5) is 0 Å². The summed E-state index contributed by atoms with van der Waals surface area (Å²) < 4.78 is 0. The molecule has 92 valence electrons. The standard InChI is InChI=1S/C13H25N3/c14-13(16-12-7-3-4-8-12)15-10-9-11-5-1-2-6-11/h11-12H,1-10H2,(H3,14,15,16). The molecular formula is C13H25N3. The molecule has 0 aromatic carbocycles. The van der Waals surface area contributed by atoms with Crippen molar-refractivity contribution >= 4 is 5.96 Å². The third kappa shape index (κ3) is 3.69. The van der Waals surface area contributed by atoms with Gasteiger partial charge in [-0.15, -0.1) is 0 Å². The minimum Gasteiger partial charge on any atom is -0.370 e. The zero-order valence-corrected chi connectivity index (χ0v) is 10.3. The van der Waals surface area contributed by atoms with Crippen molar-refractivity contribution in [1.29, 1.82) is 0 Å². The third-order valence-electron chi connectivity index (χ3n) is 4.00. The van der Waals surface area contributed by atoms with Crippen LogP contribution in [0.25, 0.3) is 0 Å². The van der Waals surface area contributed by atoms with E-state index in [1.807, 2.05) is 0 Å². The maximum Gasteiger partial charge on any atom is 0.188 e. The number of aliphatic imine (C=N–C) groups is 1. The van der Waals surface area contributed by atoms with Crippen LogP contribution in [-0.4, -0.2) is 18.5 Å². The summed E-state index contributed by atoms with van der Waals surface area (Å²) in [4.78, 5) is 4.43. The van der Waals surface area contributed by atoms with Crippen molar-refractivity contribution < 1.29 is 0 Å². The molecule has 2 aliphatic rings. The first-order valence-corrected chi connectivity index (χ1v) is 6.91. The van der Waals surface area contributed by atoms with Gasteiger partial charge in [0.15, 0.2) is 5.96 Å². The molecule has 0 aromatic heterocycles. The van der Waals surface area contributed by atoms with E-state index >= 15 is 0 Å². The average Bonchev–Trinajstić information content (AvgIpc) is 2.90. The van der Waals surface area contributed by atoms with Crippen LogP contribution in [0.3, 0.4) is 0 Å². The fraction of sp³-hybridized carbons (Fsp3) is 0.923. The summed E-state index contributed by atoms with van der Waals surface area (Å²) in [5, 5.41) is 3.33. The van der Waals surface area contributed by atoms with Gasteiger partial charge in [-0.25, -0.2) is 0 Å². The van der Waals surface area contributed by atoms with Gasteiger partial charge >= 0.3 is 0 Å².